The number of ether oxygens (including phenoxy) is 1. The highest BCUT2D eigenvalue weighted by Gasteiger charge is 2.70. The van der Waals surface area contributed by atoms with Crippen LogP contribution in [0.15, 0.2) is 72.9 Å². The van der Waals surface area contributed by atoms with E-state index in [-0.39, 0.29) is 53.0 Å². The minimum atomic E-state index is -0.865. The van der Waals surface area contributed by atoms with E-state index in [1.807, 2.05) is 31.2 Å². The number of nitrogens with two attached hydrogens (primary N) is 2. The summed E-state index contributed by atoms with van der Waals surface area (Å²) in [6, 6.07) is 16.5. The number of nitrogens with one attached hydrogen (secondary N) is 1. The molecule has 0 saturated heterocycles. The van der Waals surface area contributed by atoms with Crippen molar-refractivity contribution in [3.8, 4) is 29.1 Å². The number of rotatable bonds is 5. The van der Waals surface area contributed by atoms with Crippen LogP contribution < -0.4 is 16.2 Å². The Labute approximate surface area is 389 Å². The van der Waals surface area contributed by atoms with Crippen molar-refractivity contribution in [3.63, 3.8) is 0 Å². The first kappa shape index (κ1) is 45.7. The molecule has 7 atom stereocenters. The molecule has 3 aromatic carbocycles. The van der Waals surface area contributed by atoms with Gasteiger partial charge in [-0.3, -0.25) is 9.59 Å². The fourth-order valence-corrected chi connectivity index (χ4v) is 15.0. The van der Waals surface area contributed by atoms with Gasteiger partial charge in [-0.1, -0.05) is 70.2 Å². The molecule has 4 aromatic rings. The number of fused-ring (bicyclic) bond motifs is 8. The largest absolute Gasteiger partial charge is 0.508 e. The van der Waals surface area contributed by atoms with E-state index in [0.29, 0.717) is 72.1 Å². The molecule has 4 aliphatic carbocycles. The molecule has 3 fully saturated rings. The van der Waals surface area contributed by atoms with Gasteiger partial charge < -0.3 is 41.6 Å². The predicted octanol–water partition coefficient (Wildman–Crippen LogP) is 8.71. The molecule has 9 N–H and O–H groups in total. The van der Waals surface area contributed by atoms with Crippen LogP contribution in [0.25, 0.3) is 0 Å². The van der Waals surface area contributed by atoms with Crippen LogP contribution in [0.4, 0.5) is 0 Å². The Bertz CT molecular complexity index is 2560. The van der Waals surface area contributed by atoms with Crippen molar-refractivity contribution in [2.75, 3.05) is 12.4 Å². The molecule has 3 saturated carbocycles. The number of H-pyrrole nitrogens is 1. The van der Waals surface area contributed by atoms with E-state index < -0.39 is 17.7 Å². The molecule has 342 valence electrons. The number of carbonyl (C=O) groups is 2. The van der Waals surface area contributed by atoms with E-state index in [0.717, 1.165) is 84.2 Å². The first-order valence-electron chi connectivity index (χ1n) is 23.2. The molecule has 0 unspecified atom stereocenters. The number of aryl methyl sites for hydroxylation is 1. The zero-order chi connectivity index (χ0) is 45.5. The molecule has 1 aromatic heterocycles. The van der Waals surface area contributed by atoms with Crippen LogP contribution in [0.2, 0.25) is 0 Å². The number of phenols is 2. The second-order valence-corrected chi connectivity index (χ2v) is 22.1. The number of hydrogen-bond acceptors (Lipinski definition) is 11. The highest BCUT2D eigenvalue weighted by molar-refractivity contribution is 8.76. The van der Waals surface area contributed by atoms with Crippen molar-refractivity contribution in [1.82, 2.24) is 4.98 Å². The Morgan fingerprint density at radius 3 is 2.60 bits per heavy atom. The van der Waals surface area contributed by atoms with E-state index in [2.05, 4.69) is 29.0 Å². The first-order valence-corrected chi connectivity index (χ1v) is 25.7. The van der Waals surface area contributed by atoms with Gasteiger partial charge >= 0.3 is 0 Å². The SMILES string of the molecule is C[C@H](O)CCC[C@@H]1[C@H]2CC[C@@]3(O)C[C@@]14/C=C/C(=O)CCc1ccc(O)c(c1)OCCc1ccc(O)c(c1)[C@H]1CC(=O)c5cc[nH]c5CC#Cc5cc(C(N)N)c(cc51)CSSC[C@@]3(C2)C4. The standard InChI is InChI=1S/C53H61N3O7S2/c1-32(57)4-2-6-44-36-14-19-53(62)30-51(44)18-15-38(58)11-8-33-10-13-47(60)49(23-33)63-21-17-34-9-12-46(59)43(22-34)42-26-48(61)39-16-20-56-45(39)7-3-5-35-24-41(50(54)55)37(25-40(35)42)28-64-65-31-52(53,27-36)29-51/h9-10,12-13,15-16,18,20,22-25,32,36,42,44,50,56-57,59-60,62H,2,4,6-8,11,14,17,19,21,26-31,54-55H2,1H3/b18-15+/t32-,36-,42-,44+,51-,52+,53+/m0/s1. The lowest BCUT2D eigenvalue weighted by Gasteiger charge is -2.54. The summed E-state index contributed by atoms with van der Waals surface area (Å²) in [6.45, 7) is 2.07. The number of ketones is 2. The highest BCUT2D eigenvalue weighted by Crippen LogP contribution is 2.73. The van der Waals surface area contributed by atoms with Gasteiger partial charge in [-0.15, -0.1) is 0 Å². The normalized spacial score (nSPS) is 28.8. The van der Waals surface area contributed by atoms with Gasteiger partial charge in [-0.05, 0) is 140 Å². The monoisotopic (exact) mass is 915 g/mol. The number of Topliss-reactive ketones (excluding diaryl/α,β-unsaturated/α-hetero) is 1. The lowest BCUT2D eigenvalue weighted by molar-refractivity contribution is -0.114. The maximum atomic E-state index is 14.2. The molecule has 1 spiro atoms. The van der Waals surface area contributed by atoms with Crippen molar-refractivity contribution in [3.05, 3.63) is 123 Å². The summed E-state index contributed by atoms with van der Waals surface area (Å²) < 4.78 is 6.17. The third-order valence-corrected chi connectivity index (χ3v) is 17.9. The smallest absolute Gasteiger partial charge is 0.165 e. The number of benzene rings is 3. The molecule has 10 nitrogen and oxygen atoms in total. The summed E-state index contributed by atoms with van der Waals surface area (Å²) in [7, 11) is 3.48. The van der Waals surface area contributed by atoms with Crippen LogP contribution in [0, 0.1) is 34.5 Å². The molecular weight excluding hydrogens is 855 g/mol. The molecule has 0 amide bonds. The molecule has 12 heteroatoms. The highest BCUT2D eigenvalue weighted by atomic mass is 33.1. The summed E-state index contributed by atoms with van der Waals surface area (Å²) >= 11 is 0. The number of allylic oxidation sites excluding steroid dienone is 2. The van der Waals surface area contributed by atoms with Gasteiger partial charge in [-0.25, -0.2) is 0 Å². The summed E-state index contributed by atoms with van der Waals surface area (Å²) in [5.41, 5.74) is 18.4. The van der Waals surface area contributed by atoms with Gasteiger partial charge in [0.25, 0.3) is 0 Å². The number of aliphatic hydroxyl groups excluding tert-OH is 1. The lowest BCUT2D eigenvalue weighted by Crippen LogP contribution is -2.52. The molecule has 5 aliphatic rings. The lowest BCUT2D eigenvalue weighted by atomic mass is 9.53. The van der Waals surface area contributed by atoms with Crippen LogP contribution in [0.5, 0.6) is 17.2 Å². The fourth-order valence-electron chi connectivity index (χ4n) is 12.2. The second kappa shape index (κ2) is 18.7. The Balaban J connectivity index is 1.11. The van der Waals surface area contributed by atoms with Crippen molar-refractivity contribution >= 4 is 33.2 Å². The van der Waals surface area contributed by atoms with Crippen LogP contribution in [-0.2, 0) is 29.8 Å². The van der Waals surface area contributed by atoms with Crippen molar-refractivity contribution in [2.45, 2.75) is 120 Å². The van der Waals surface area contributed by atoms with E-state index in [9.17, 15) is 30.0 Å². The molecule has 2 heterocycles. The van der Waals surface area contributed by atoms with Crippen molar-refractivity contribution in [1.29, 1.82) is 0 Å². The summed E-state index contributed by atoms with van der Waals surface area (Å²) in [5, 5.41) is 45.3. The minimum Gasteiger partial charge on any atom is -0.508 e. The van der Waals surface area contributed by atoms with E-state index in [4.69, 9.17) is 16.2 Å². The maximum Gasteiger partial charge on any atom is 0.165 e. The molecule has 65 heavy (non-hydrogen) atoms. The number of aromatic amines is 1. The number of phenolic OH excluding ortho intramolecular Hbond substituents is 2. The second-order valence-electron chi connectivity index (χ2n) is 19.6. The summed E-state index contributed by atoms with van der Waals surface area (Å²) in [4.78, 5) is 31.1. The van der Waals surface area contributed by atoms with Gasteiger partial charge in [-0.2, -0.15) is 0 Å². The van der Waals surface area contributed by atoms with Crippen molar-refractivity contribution < 1.29 is 34.8 Å². The Morgan fingerprint density at radius 2 is 1.78 bits per heavy atom. The van der Waals surface area contributed by atoms with Gasteiger partial charge in [0.15, 0.2) is 23.1 Å². The van der Waals surface area contributed by atoms with Crippen LogP contribution in [0.3, 0.4) is 0 Å². The number of aliphatic hydroxyl groups is 2. The van der Waals surface area contributed by atoms with Crippen LogP contribution in [-0.4, -0.2) is 61.0 Å². The van der Waals surface area contributed by atoms with Crippen LogP contribution >= 0.6 is 21.6 Å². The van der Waals surface area contributed by atoms with Gasteiger partial charge in [0.1, 0.15) is 5.75 Å². The Morgan fingerprint density at radius 1 is 0.969 bits per heavy atom. The van der Waals surface area contributed by atoms with E-state index in [1.54, 1.807) is 58.1 Å². The zero-order valence-corrected chi connectivity index (χ0v) is 38.7. The third-order valence-electron chi connectivity index (χ3n) is 15.4. The average Bonchev–Trinajstić information content (AvgIpc) is 3.81. The number of carbonyl (C=O) groups excluding carboxylic acids is 2. The van der Waals surface area contributed by atoms with E-state index in [1.165, 1.54) is 0 Å². The summed E-state index contributed by atoms with van der Waals surface area (Å²) in [5.74, 6) is 8.50. The van der Waals surface area contributed by atoms with Crippen molar-refractivity contribution in [2.24, 2.45) is 34.1 Å². The fraction of sp³-hybridized carbons (Fsp3) is 0.472. The number of aromatic nitrogens is 1. The summed E-state index contributed by atoms with van der Waals surface area (Å²) in [6.07, 6.45) is 12.8. The topological polar surface area (TPSA) is 192 Å². The maximum absolute atomic E-state index is 14.2. The van der Waals surface area contributed by atoms with Gasteiger partial charge in [0, 0.05) is 70.7 Å². The Hall–Kier alpha value is -4.48. The van der Waals surface area contributed by atoms with Gasteiger partial charge in [0.05, 0.1) is 30.9 Å². The minimum absolute atomic E-state index is 0.00425. The molecule has 0 radical (unpaired) electrons. The Kier molecular flexibility index (Phi) is 13.1. The molecular formula is C53H61N3O7S2. The first-order chi connectivity index (χ1) is 31.3. The number of aromatic hydroxyl groups is 2. The number of hydrogen-bond donors (Lipinski definition) is 7. The third kappa shape index (κ3) is 9.17. The van der Waals surface area contributed by atoms with Crippen LogP contribution in [0.1, 0.15) is 138 Å². The molecule has 9 rings (SSSR count). The van der Waals surface area contributed by atoms with Gasteiger partial charge in [0.2, 0.25) is 0 Å². The molecule has 1 aliphatic heterocycles. The molecule has 9 bridgehead atoms. The average molecular weight is 916 g/mol. The predicted molar refractivity (Wildman–Crippen MR) is 257 cm³/mol. The zero-order valence-electron chi connectivity index (χ0n) is 37.1. The van der Waals surface area contributed by atoms with E-state index >= 15 is 0 Å². The quantitative estimate of drug-likeness (QED) is 0.0576.